The number of amides is 1. The SMILES string of the molecule is CC(Oc1ccccc1Cl)c1nnc(SCC(=O)Nc2ccc(F)c(F)c2F)n1C. The molecule has 1 aromatic heterocycles. The van der Waals surface area contributed by atoms with Crippen molar-refractivity contribution in [2.75, 3.05) is 11.1 Å². The van der Waals surface area contributed by atoms with Gasteiger partial charge in [-0.3, -0.25) is 4.79 Å². The molecule has 0 saturated heterocycles. The first-order chi connectivity index (χ1) is 14.3. The lowest BCUT2D eigenvalue weighted by Crippen LogP contribution is -2.16. The predicted octanol–water partition coefficient (Wildman–Crippen LogP) is 4.76. The lowest BCUT2D eigenvalue weighted by molar-refractivity contribution is -0.113. The molecule has 30 heavy (non-hydrogen) atoms. The molecular weight excluding hydrogens is 441 g/mol. The van der Waals surface area contributed by atoms with E-state index in [4.69, 9.17) is 16.3 Å². The van der Waals surface area contributed by atoms with Crippen molar-refractivity contribution in [3.8, 4) is 5.75 Å². The summed E-state index contributed by atoms with van der Waals surface area (Å²) in [5.41, 5.74) is -0.445. The van der Waals surface area contributed by atoms with Crippen LogP contribution in [0.25, 0.3) is 0 Å². The van der Waals surface area contributed by atoms with Crippen molar-refractivity contribution in [1.29, 1.82) is 0 Å². The van der Waals surface area contributed by atoms with Gasteiger partial charge in [-0.2, -0.15) is 0 Å². The number of anilines is 1. The second-order valence-corrected chi connectivity index (χ2v) is 7.50. The van der Waals surface area contributed by atoms with Gasteiger partial charge in [-0.15, -0.1) is 10.2 Å². The van der Waals surface area contributed by atoms with Gasteiger partial charge in [0.1, 0.15) is 5.75 Å². The van der Waals surface area contributed by atoms with Gasteiger partial charge in [-0.25, -0.2) is 13.2 Å². The van der Waals surface area contributed by atoms with Gasteiger partial charge >= 0.3 is 0 Å². The van der Waals surface area contributed by atoms with Crippen LogP contribution in [0.5, 0.6) is 5.75 Å². The van der Waals surface area contributed by atoms with Gasteiger partial charge in [0.2, 0.25) is 5.91 Å². The summed E-state index contributed by atoms with van der Waals surface area (Å²) in [6.07, 6.45) is -0.470. The Bertz CT molecular complexity index is 1080. The van der Waals surface area contributed by atoms with E-state index in [1.54, 1.807) is 42.8 Å². The molecule has 1 unspecified atom stereocenters. The molecule has 0 aliphatic rings. The monoisotopic (exact) mass is 456 g/mol. The Labute approximate surface area is 179 Å². The zero-order valence-corrected chi connectivity index (χ0v) is 17.4. The van der Waals surface area contributed by atoms with Crippen LogP contribution >= 0.6 is 23.4 Å². The second-order valence-electron chi connectivity index (χ2n) is 6.15. The van der Waals surface area contributed by atoms with E-state index < -0.39 is 35.2 Å². The molecule has 6 nitrogen and oxygen atoms in total. The number of carbonyl (C=O) groups is 1. The van der Waals surface area contributed by atoms with E-state index in [0.717, 1.165) is 23.9 Å². The Morgan fingerprint density at radius 2 is 1.93 bits per heavy atom. The molecule has 1 atom stereocenters. The zero-order chi connectivity index (χ0) is 21.8. The molecule has 158 valence electrons. The third kappa shape index (κ3) is 4.88. The molecule has 3 aromatic rings. The van der Waals surface area contributed by atoms with Crippen LogP contribution < -0.4 is 10.1 Å². The van der Waals surface area contributed by atoms with Gasteiger partial charge in [-0.1, -0.05) is 35.5 Å². The first kappa shape index (κ1) is 22.0. The Kier molecular flexibility index (Phi) is 6.88. The third-order valence-corrected chi connectivity index (χ3v) is 5.35. The summed E-state index contributed by atoms with van der Waals surface area (Å²) in [7, 11) is 1.71. The molecule has 0 bridgehead atoms. The van der Waals surface area contributed by atoms with E-state index in [1.807, 2.05) is 0 Å². The summed E-state index contributed by atoms with van der Waals surface area (Å²) in [6.45, 7) is 1.78. The molecule has 1 heterocycles. The summed E-state index contributed by atoms with van der Waals surface area (Å²) >= 11 is 7.13. The van der Waals surface area contributed by atoms with Crippen molar-refractivity contribution < 1.29 is 22.7 Å². The van der Waals surface area contributed by atoms with Crippen LogP contribution in [-0.4, -0.2) is 26.4 Å². The van der Waals surface area contributed by atoms with Gasteiger partial charge < -0.3 is 14.6 Å². The molecule has 2 aromatic carbocycles. The van der Waals surface area contributed by atoms with Crippen LogP contribution in [0.1, 0.15) is 18.9 Å². The number of nitrogens with zero attached hydrogens (tertiary/aromatic N) is 3. The van der Waals surface area contributed by atoms with Gasteiger partial charge in [0.15, 0.2) is 34.5 Å². The van der Waals surface area contributed by atoms with Gasteiger partial charge in [0, 0.05) is 7.05 Å². The van der Waals surface area contributed by atoms with Crippen molar-refractivity contribution >= 4 is 35.0 Å². The number of thioether (sulfide) groups is 1. The smallest absolute Gasteiger partial charge is 0.234 e. The minimum absolute atomic E-state index is 0.149. The standard InChI is InChI=1S/C19H16ClF3N4O2S/c1-10(29-14-6-4-3-5-11(14)20)18-25-26-19(27(18)2)30-9-15(28)24-13-8-7-12(21)16(22)17(13)23/h3-8,10H,9H2,1-2H3,(H,24,28). The number of hydrogen-bond donors (Lipinski definition) is 1. The summed E-state index contributed by atoms with van der Waals surface area (Å²) < 4.78 is 47.4. The van der Waals surface area contributed by atoms with E-state index in [2.05, 4.69) is 15.5 Å². The van der Waals surface area contributed by atoms with Gasteiger partial charge in [-0.05, 0) is 31.2 Å². The third-order valence-electron chi connectivity index (χ3n) is 4.01. The average Bonchev–Trinajstić information content (AvgIpc) is 3.09. The minimum atomic E-state index is -1.65. The van der Waals surface area contributed by atoms with Crippen molar-refractivity contribution in [3.05, 3.63) is 64.7 Å². The van der Waals surface area contributed by atoms with Crippen molar-refractivity contribution in [2.45, 2.75) is 18.2 Å². The van der Waals surface area contributed by atoms with Crippen LogP contribution in [0.3, 0.4) is 0 Å². The van der Waals surface area contributed by atoms with Gasteiger partial charge in [0.25, 0.3) is 0 Å². The van der Waals surface area contributed by atoms with E-state index in [1.165, 1.54) is 0 Å². The molecule has 0 radical (unpaired) electrons. The lowest BCUT2D eigenvalue weighted by atomic mass is 10.3. The van der Waals surface area contributed by atoms with Crippen LogP contribution in [0, 0.1) is 17.5 Å². The fourth-order valence-electron chi connectivity index (χ4n) is 2.53. The highest BCUT2D eigenvalue weighted by molar-refractivity contribution is 7.99. The van der Waals surface area contributed by atoms with Gasteiger partial charge in [0.05, 0.1) is 16.5 Å². The molecule has 1 N–H and O–H groups in total. The highest BCUT2D eigenvalue weighted by Crippen LogP contribution is 2.29. The summed E-state index contributed by atoms with van der Waals surface area (Å²) in [5.74, 6) is -4.20. The Balaban J connectivity index is 1.62. The maximum absolute atomic E-state index is 13.7. The highest BCUT2D eigenvalue weighted by Gasteiger charge is 2.20. The number of benzene rings is 2. The Morgan fingerprint density at radius 1 is 1.20 bits per heavy atom. The molecule has 1 amide bonds. The molecule has 0 saturated carbocycles. The Morgan fingerprint density at radius 3 is 2.67 bits per heavy atom. The molecular formula is C19H16ClF3N4O2S. The summed E-state index contributed by atoms with van der Waals surface area (Å²) in [5, 5.41) is 11.2. The van der Waals surface area contributed by atoms with E-state index in [0.29, 0.717) is 21.8 Å². The van der Waals surface area contributed by atoms with Crippen LogP contribution in [0.4, 0.5) is 18.9 Å². The number of rotatable bonds is 7. The fourth-order valence-corrected chi connectivity index (χ4v) is 3.43. The summed E-state index contributed by atoms with van der Waals surface area (Å²) in [6, 6.07) is 8.69. The van der Waals surface area contributed by atoms with Crippen LogP contribution in [0.2, 0.25) is 5.02 Å². The fraction of sp³-hybridized carbons (Fsp3) is 0.211. The van der Waals surface area contributed by atoms with Crippen molar-refractivity contribution in [2.24, 2.45) is 7.05 Å². The number of carbonyl (C=O) groups excluding carboxylic acids is 1. The maximum Gasteiger partial charge on any atom is 0.234 e. The largest absolute Gasteiger partial charge is 0.481 e. The first-order valence-electron chi connectivity index (χ1n) is 8.64. The highest BCUT2D eigenvalue weighted by atomic mass is 35.5. The molecule has 11 heteroatoms. The minimum Gasteiger partial charge on any atom is -0.481 e. The van der Waals surface area contributed by atoms with E-state index in [9.17, 15) is 18.0 Å². The van der Waals surface area contributed by atoms with E-state index in [-0.39, 0.29) is 5.75 Å². The lowest BCUT2D eigenvalue weighted by Gasteiger charge is -2.15. The number of ether oxygens (including phenoxy) is 1. The van der Waals surface area contributed by atoms with Crippen molar-refractivity contribution in [3.63, 3.8) is 0 Å². The normalized spacial score (nSPS) is 11.9. The number of hydrogen-bond acceptors (Lipinski definition) is 5. The van der Waals surface area contributed by atoms with Crippen LogP contribution in [0.15, 0.2) is 41.6 Å². The number of halogens is 4. The number of aromatic nitrogens is 3. The van der Waals surface area contributed by atoms with Crippen LogP contribution in [-0.2, 0) is 11.8 Å². The quantitative estimate of drug-likeness (QED) is 0.410. The topological polar surface area (TPSA) is 69.0 Å². The first-order valence-corrected chi connectivity index (χ1v) is 10.0. The molecule has 0 aliphatic carbocycles. The summed E-state index contributed by atoms with van der Waals surface area (Å²) in [4.78, 5) is 12.1. The van der Waals surface area contributed by atoms with E-state index >= 15 is 0 Å². The number of nitrogens with one attached hydrogen (secondary N) is 1. The molecule has 0 fully saturated rings. The maximum atomic E-state index is 13.7. The second kappa shape index (κ2) is 9.40. The van der Waals surface area contributed by atoms with Crippen molar-refractivity contribution in [1.82, 2.24) is 14.8 Å². The molecule has 0 aliphatic heterocycles. The predicted molar refractivity (Wildman–Crippen MR) is 107 cm³/mol. The Hall–Kier alpha value is -2.72. The number of para-hydroxylation sites is 1. The average molecular weight is 457 g/mol. The molecule has 0 spiro atoms. The molecule has 3 rings (SSSR count). The zero-order valence-electron chi connectivity index (χ0n) is 15.8.